The number of nitrogens with one attached hydrogen (secondary N) is 1. The fourth-order valence-electron chi connectivity index (χ4n) is 1.87. The van der Waals surface area contributed by atoms with Gasteiger partial charge in [0.1, 0.15) is 5.75 Å². The number of phenols is 1. The van der Waals surface area contributed by atoms with Crippen molar-refractivity contribution in [2.24, 2.45) is 5.10 Å². The van der Waals surface area contributed by atoms with E-state index in [0.717, 1.165) is 12.1 Å². The number of aromatic hydroxyl groups is 1. The summed E-state index contributed by atoms with van der Waals surface area (Å²) >= 11 is 5.15. The third-order valence-corrected chi connectivity index (χ3v) is 4.51. The molecular formula is C16H11BrF3IN2O2. The number of carbonyl (C=O) groups excluding carboxylic acids is 1. The number of amides is 1. The Bertz CT molecular complexity index is 785. The molecule has 4 nitrogen and oxygen atoms in total. The Hall–Kier alpha value is -1.62. The predicted molar refractivity (Wildman–Crippen MR) is 99.4 cm³/mol. The molecule has 0 atom stereocenters. The molecule has 0 unspecified atom stereocenters. The lowest BCUT2D eigenvalue weighted by molar-refractivity contribution is -0.137. The number of rotatable bonds is 4. The fourth-order valence-corrected chi connectivity index (χ4v) is 3.37. The third-order valence-electron chi connectivity index (χ3n) is 3.09. The van der Waals surface area contributed by atoms with Gasteiger partial charge in [-0.25, -0.2) is 5.43 Å². The first kappa shape index (κ1) is 19.7. The molecule has 0 spiro atoms. The van der Waals surface area contributed by atoms with Crippen LogP contribution in [0.1, 0.15) is 16.7 Å². The Labute approximate surface area is 163 Å². The monoisotopic (exact) mass is 526 g/mol. The minimum atomic E-state index is -4.40. The van der Waals surface area contributed by atoms with Crippen molar-refractivity contribution in [2.45, 2.75) is 12.6 Å². The third kappa shape index (κ3) is 5.70. The second kappa shape index (κ2) is 8.17. The van der Waals surface area contributed by atoms with Gasteiger partial charge in [-0.15, -0.1) is 0 Å². The zero-order chi connectivity index (χ0) is 18.6. The molecule has 25 heavy (non-hydrogen) atoms. The van der Waals surface area contributed by atoms with Crippen LogP contribution in [0.2, 0.25) is 0 Å². The van der Waals surface area contributed by atoms with Crippen molar-refractivity contribution >= 4 is 50.6 Å². The van der Waals surface area contributed by atoms with E-state index in [9.17, 15) is 23.1 Å². The Morgan fingerprint density at radius 2 is 1.92 bits per heavy atom. The summed E-state index contributed by atoms with van der Waals surface area (Å²) in [7, 11) is 0. The highest BCUT2D eigenvalue weighted by atomic mass is 127. The molecule has 0 fully saturated rings. The maximum Gasteiger partial charge on any atom is 0.416 e. The van der Waals surface area contributed by atoms with Crippen LogP contribution in [-0.2, 0) is 17.4 Å². The summed E-state index contributed by atoms with van der Waals surface area (Å²) in [5.41, 5.74) is 2.65. The smallest absolute Gasteiger partial charge is 0.416 e. The molecule has 2 N–H and O–H groups in total. The van der Waals surface area contributed by atoms with E-state index in [0.29, 0.717) is 19.2 Å². The van der Waals surface area contributed by atoms with Crippen LogP contribution in [0.4, 0.5) is 13.2 Å². The molecule has 0 heterocycles. The first-order valence-electron chi connectivity index (χ1n) is 6.83. The van der Waals surface area contributed by atoms with Gasteiger partial charge in [0.15, 0.2) is 0 Å². The molecule has 132 valence electrons. The highest BCUT2D eigenvalue weighted by molar-refractivity contribution is 14.1. The standard InChI is InChI=1S/C16H11BrF3IN2O2/c17-12-5-10(6-13(21)15(12)25)8-22-23-14(24)7-9-1-3-11(4-2-9)16(18,19)20/h1-6,8,25H,7H2,(H,23,24)/b22-8+. The largest absolute Gasteiger partial charge is 0.506 e. The van der Waals surface area contributed by atoms with E-state index in [1.54, 1.807) is 12.1 Å². The molecule has 0 aliphatic carbocycles. The minimum Gasteiger partial charge on any atom is -0.506 e. The molecule has 9 heteroatoms. The molecule has 2 aromatic carbocycles. The van der Waals surface area contributed by atoms with Gasteiger partial charge < -0.3 is 5.11 Å². The summed E-state index contributed by atoms with van der Waals surface area (Å²) in [6.07, 6.45) is -3.09. The van der Waals surface area contributed by atoms with E-state index in [2.05, 4.69) is 26.5 Å². The highest BCUT2D eigenvalue weighted by Gasteiger charge is 2.29. The number of alkyl halides is 3. The Morgan fingerprint density at radius 3 is 2.48 bits per heavy atom. The normalized spacial score (nSPS) is 11.7. The van der Waals surface area contributed by atoms with Crippen molar-refractivity contribution in [3.63, 3.8) is 0 Å². The summed E-state index contributed by atoms with van der Waals surface area (Å²) < 4.78 is 38.5. The lowest BCUT2D eigenvalue weighted by Crippen LogP contribution is -2.19. The SMILES string of the molecule is O=C(Cc1ccc(C(F)(F)F)cc1)N/N=C/c1cc(Br)c(O)c(I)c1. The summed E-state index contributed by atoms with van der Waals surface area (Å²) in [5.74, 6) is -0.340. The molecular weight excluding hydrogens is 516 g/mol. The number of phenolic OH excluding ortho intramolecular Hbond substituents is 1. The number of nitrogens with zero attached hydrogens (tertiary/aromatic N) is 1. The average Bonchev–Trinajstić information content (AvgIpc) is 2.52. The van der Waals surface area contributed by atoms with E-state index in [1.807, 2.05) is 22.6 Å². The van der Waals surface area contributed by atoms with Crippen molar-refractivity contribution in [1.29, 1.82) is 0 Å². The molecule has 0 aliphatic rings. The predicted octanol–water partition coefficient (Wildman–Crippen LogP) is 4.47. The van der Waals surface area contributed by atoms with Gasteiger partial charge in [0.25, 0.3) is 0 Å². The zero-order valence-corrected chi connectivity index (χ0v) is 16.2. The first-order chi connectivity index (χ1) is 11.7. The van der Waals surface area contributed by atoms with Gasteiger partial charge >= 0.3 is 6.18 Å². The van der Waals surface area contributed by atoms with Crippen LogP contribution in [0.15, 0.2) is 46.0 Å². The highest BCUT2D eigenvalue weighted by Crippen LogP contribution is 2.30. The molecule has 0 aromatic heterocycles. The second-order valence-corrected chi connectivity index (χ2v) is 7.01. The van der Waals surface area contributed by atoms with Gasteiger partial charge in [-0.3, -0.25) is 4.79 Å². The van der Waals surface area contributed by atoms with Crippen LogP contribution in [0, 0.1) is 3.57 Å². The number of carbonyl (C=O) groups is 1. The molecule has 2 rings (SSSR count). The lowest BCUT2D eigenvalue weighted by atomic mass is 10.1. The van der Waals surface area contributed by atoms with Gasteiger partial charge in [0, 0.05) is 0 Å². The van der Waals surface area contributed by atoms with Crippen molar-refractivity contribution in [2.75, 3.05) is 0 Å². The maximum atomic E-state index is 12.5. The van der Waals surface area contributed by atoms with Gasteiger partial charge in [-0.05, 0) is 73.9 Å². The molecule has 1 amide bonds. The number of benzene rings is 2. The molecule has 0 saturated carbocycles. The topological polar surface area (TPSA) is 61.7 Å². The van der Waals surface area contributed by atoms with Crippen LogP contribution in [-0.4, -0.2) is 17.2 Å². The van der Waals surface area contributed by atoms with Crippen molar-refractivity contribution in [1.82, 2.24) is 5.43 Å². The minimum absolute atomic E-state index is 0.0910. The second-order valence-electron chi connectivity index (χ2n) is 5.00. The molecule has 0 bridgehead atoms. The Balaban J connectivity index is 1.94. The number of hydrazone groups is 1. The number of hydrogen-bond donors (Lipinski definition) is 2. The van der Waals surface area contributed by atoms with Crippen LogP contribution < -0.4 is 5.43 Å². The average molecular weight is 527 g/mol. The summed E-state index contributed by atoms with van der Waals surface area (Å²) in [6.45, 7) is 0. The van der Waals surface area contributed by atoms with Crippen LogP contribution in [0.25, 0.3) is 0 Å². The molecule has 2 aromatic rings. The summed E-state index contributed by atoms with van der Waals surface area (Å²) in [6, 6.07) is 7.68. The Kier molecular flexibility index (Phi) is 6.44. The van der Waals surface area contributed by atoms with Gasteiger partial charge in [-0.1, -0.05) is 12.1 Å². The van der Waals surface area contributed by atoms with E-state index in [-0.39, 0.29) is 12.2 Å². The maximum absolute atomic E-state index is 12.5. The fraction of sp³-hybridized carbons (Fsp3) is 0.125. The molecule has 0 saturated heterocycles. The van der Waals surface area contributed by atoms with Gasteiger partial charge in [-0.2, -0.15) is 18.3 Å². The van der Waals surface area contributed by atoms with E-state index >= 15 is 0 Å². The zero-order valence-electron chi connectivity index (χ0n) is 12.4. The quantitative estimate of drug-likeness (QED) is 0.351. The van der Waals surface area contributed by atoms with Crippen LogP contribution in [0.5, 0.6) is 5.75 Å². The number of hydrogen-bond acceptors (Lipinski definition) is 3. The molecule has 0 radical (unpaired) electrons. The van der Waals surface area contributed by atoms with Crippen molar-refractivity contribution in [3.8, 4) is 5.75 Å². The van der Waals surface area contributed by atoms with E-state index in [1.165, 1.54) is 18.3 Å². The van der Waals surface area contributed by atoms with Crippen LogP contribution in [0.3, 0.4) is 0 Å². The Morgan fingerprint density at radius 1 is 1.28 bits per heavy atom. The van der Waals surface area contributed by atoms with Gasteiger partial charge in [0.05, 0.1) is 26.2 Å². The summed E-state index contributed by atoms with van der Waals surface area (Å²) in [4.78, 5) is 11.8. The number of halogens is 5. The molecule has 0 aliphatic heterocycles. The van der Waals surface area contributed by atoms with Crippen molar-refractivity contribution in [3.05, 3.63) is 61.1 Å². The van der Waals surface area contributed by atoms with Gasteiger partial charge in [0.2, 0.25) is 5.91 Å². The lowest BCUT2D eigenvalue weighted by Gasteiger charge is -2.07. The van der Waals surface area contributed by atoms with E-state index in [4.69, 9.17) is 0 Å². The van der Waals surface area contributed by atoms with Crippen LogP contribution >= 0.6 is 38.5 Å². The first-order valence-corrected chi connectivity index (χ1v) is 8.70. The summed E-state index contributed by atoms with van der Waals surface area (Å²) in [5, 5.41) is 13.4. The van der Waals surface area contributed by atoms with Crippen molar-refractivity contribution < 1.29 is 23.1 Å². The van der Waals surface area contributed by atoms with E-state index < -0.39 is 17.6 Å².